The van der Waals surface area contributed by atoms with E-state index in [4.69, 9.17) is 0 Å². The van der Waals surface area contributed by atoms with Crippen molar-refractivity contribution in [3.8, 4) is 0 Å². The van der Waals surface area contributed by atoms with Crippen LogP contribution in [0.25, 0.3) is 0 Å². The van der Waals surface area contributed by atoms with Gasteiger partial charge in [-0.05, 0) is 0 Å². The van der Waals surface area contributed by atoms with Gasteiger partial charge < -0.3 is 0 Å². The molecule has 0 nitrogen and oxygen atoms in total. The van der Waals surface area contributed by atoms with Crippen LogP contribution in [0.15, 0.2) is 175 Å². The molecular formula is C45H52P2. The third kappa shape index (κ3) is 7.78. The van der Waals surface area contributed by atoms with Crippen LogP contribution in [0, 0.1) is 0 Å². The average Bonchev–Trinajstić information content (AvgIpc) is 3.16. The van der Waals surface area contributed by atoms with Crippen LogP contribution in [-0.4, -0.2) is 12.3 Å². The topological polar surface area (TPSA) is 0 Å². The van der Waals surface area contributed by atoms with Gasteiger partial charge in [-0.25, -0.2) is 0 Å². The van der Waals surface area contributed by atoms with Crippen molar-refractivity contribution in [2.75, 3.05) is 12.3 Å². The molecule has 0 bridgehead atoms. The second-order valence-electron chi connectivity index (χ2n) is 13.3. The Morgan fingerprint density at radius 3 is 1.02 bits per heavy atom. The van der Waals surface area contributed by atoms with Crippen LogP contribution < -0.4 is 26.5 Å². The summed E-state index contributed by atoms with van der Waals surface area (Å²) in [5, 5.41) is 9.47. The van der Waals surface area contributed by atoms with Gasteiger partial charge in [0.15, 0.2) is 0 Å². The van der Waals surface area contributed by atoms with E-state index < -0.39 is 14.5 Å². The molecule has 1 aliphatic rings. The predicted molar refractivity (Wildman–Crippen MR) is 216 cm³/mol. The predicted octanol–water partition coefficient (Wildman–Crippen LogP) is 10.1. The molecule has 0 saturated carbocycles. The van der Waals surface area contributed by atoms with Gasteiger partial charge in [0.25, 0.3) is 0 Å². The second kappa shape index (κ2) is 17.0. The summed E-state index contributed by atoms with van der Waals surface area (Å²) in [4.78, 5) is 0. The number of unbranched alkanes of at least 4 members (excludes halogenated alkanes) is 6. The van der Waals surface area contributed by atoms with Crippen LogP contribution in [0.4, 0.5) is 0 Å². The number of allylic oxidation sites excluding steroid dienone is 4. The molecule has 0 aliphatic heterocycles. The maximum absolute atomic E-state index is 2.47. The minimum atomic E-state index is -2.11. The Labute approximate surface area is 285 Å². The molecule has 0 radical (unpaired) electrons. The van der Waals surface area contributed by atoms with E-state index in [1.807, 2.05) is 0 Å². The molecule has 0 N–H and O–H groups in total. The average molecular weight is 655 g/mol. The maximum atomic E-state index is 2.47. The SMILES string of the molecule is C1=CCCC([PH](CCCCCCCCC[PH](c2ccccc2)(c2ccccc2)c2ccccc2)(c2ccccc2)c2ccccc2)=C1. The number of hydrogen-bond acceptors (Lipinski definition) is 0. The van der Waals surface area contributed by atoms with E-state index in [1.54, 1.807) is 15.9 Å². The Bertz CT molecular complexity index is 1540. The summed E-state index contributed by atoms with van der Waals surface area (Å²) in [5.41, 5.74) is 0. The molecule has 47 heavy (non-hydrogen) atoms. The molecule has 0 aromatic heterocycles. The first-order valence-corrected chi connectivity index (χ1v) is 22.4. The summed E-state index contributed by atoms with van der Waals surface area (Å²) >= 11 is 0. The van der Waals surface area contributed by atoms with Crippen LogP contribution in [0.3, 0.4) is 0 Å². The zero-order valence-electron chi connectivity index (χ0n) is 27.9. The standard InChI is InChI=1S/C45H52P2/c1(2-4-24-38-46(40-26-12-6-13-27-40,41-28-14-7-15-29-41)42-30-16-8-17-31-42)3-5-25-39-47(43-32-18-9-19-33-43,44-34-20-10-21-35-44)45-36-22-11-23-37-45/h6-22,26-36,46-47H,1-5,23-25,37-39H2. The molecule has 5 aromatic carbocycles. The molecule has 242 valence electrons. The van der Waals surface area contributed by atoms with Crippen molar-refractivity contribution in [3.63, 3.8) is 0 Å². The normalized spacial score (nSPS) is 14.0. The zero-order valence-corrected chi connectivity index (χ0v) is 29.9. The van der Waals surface area contributed by atoms with Gasteiger partial charge in [-0.3, -0.25) is 0 Å². The fraction of sp³-hybridized carbons (Fsp3) is 0.244. The number of hydrogen-bond donors (Lipinski definition) is 0. The van der Waals surface area contributed by atoms with Crippen molar-refractivity contribution >= 4 is 41.0 Å². The van der Waals surface area contributed by atoms with Crippen molar-refractivity contribution in [1.29, 1.82) is 0 Å². The van der Waals surface area contributed by atoms with E-state index in [0.717, 1.165) is 0 Å². The minimum absolute atomic E-state index is 1.17. The molecule has 6 rings (SSSR count). The van der Waals surface area contributed by atoms with Crippen molar-refractivity contribution < 1.29 is 0 Å². The van der Waals surface area contributed by atoms with Crippen LogP contribution in [0.2, 0.25) is 0 Å². The van der Waals surface area contributed by atoms with Gasteiger partial charge in [0, 0.05) is 0 Å². The Kier molecular flexibility index (Phi) is 12.1. The van der Waals surface area contributed by atoms with Gasteiger partial charge in [0.1, 0.15) is 0 Å². The molecule has 5 aromatic rings. The van der Waals surface area contributed by atoms with Gasteiger partial charge >= 0.3 is 286 Å². The summed E-state index contributed by atoms with van der Waals surface area (Å²) in [6.45, 7) is 0. The van der Waals surface area contributed by atoms with E-state index in [2.05, 4.69) is 170 Å². The zero-order chi connectivity index (χ0) is 32.0. The van der Waals surface area contributed by atoms with Crippen molar-refractivity contribution in [2.45, 2.75) is 57.8 Å². The van der Waals surface area contributed by atoms with Crippen molar-refractivity contribution in [2.24, 2.45) is 0 Å². The molecule has 0 atom stereocenters. The molecule has 0 saturated heterocycles. The van der Waals surface area contributed by atoms with Gasteiger partial charge in [-0.2, -0.15) is 0 Å². The van der Waals surface area contributed by atoms with Gasteiger partial charge in [0.05, 0.1) is 0 Å². The van der Waals surface area contributed by atoms with Crippen molar-refractivity contribution in [3.05, 3.63) is 175 Å². The molecule has 0 heterocycles. The Balaban J connectivity index is 1.09. The second-order valence-corrected chi connectivity index (χ2v) is 21.4. The van der Waals surface area contributed by atoms with Gasteiger partial charge in [-0.1, -0.05) is 0 Å². The molecular weight excluding hydrogens is 602 g/mol. The summed E-state index contributed by atoms with van der Waals surface area (Å²) < 4.78 is 0. The van der Waals surface area contributed by atoms with E-state index in [-0.39, 0.29) is 0 Å². The Morgan fingerprint density at radius 1 is 0.362 bits per heavy atom. The monoisotopic (exact) mass is 654 g/mol. The first kappa shape index (κ1) is 33.3. The van der Waals surface area contributed by atoms with Gasteiger partial charge in [0.2, 0.25) is 0 Å². The quantitative estimate of drug-likeness (QED) is 0.0734. The first-order valence-electron chi connectivity index (χ1n) is 18.0. The Hall–Kier alpha value is -3.56. The van der Waals surface area contributed by atoms with E-state index in [0.29, 0.717) is 0 Å². The molecule has 0 fully saturated rings. The molecule has 0 amide bonds. The number of benzene rings is 5. The molecule has 2 heteroatoms. The summed E-state index contributed by atoms with van der Waals surface area (Å²) in [6, 6.07) is 57.3. The molecule has 0 spiro atoms. The third-order valence-electron chi connectivity index (χ3n) is 10.5. The third-order valence-corrected chi connectivity index (χ3v) is 20.8. The fourth-order valence-corrected chi connectivity index (χ4v) is 18.3. The Morgan fingerprint density at radius 2 is 0.681 bits per heavy atom. The van der Waals surface area contributed by atoms with E-state index >= 15 is 0 Å². The van der Waals surface area contributed by atoms with Gasteiger partial charge in [-0.15, -0.1) is 0 Å². The van der Waals surface area contributed by atoms with Crippen LogP contribution in [0.1, 0.15) is 57.8 Å². The summed E-state index contributed by atoms with van der Waals surface area (Å²) in [7, 11) is -4.14. The van der Waals surface area contributed by atoms with Crippen LogP contribution in [-0.2, 0) is 0 Å². The fourth-order valence-electron chi connectivity index (χ4n) is 8.16. The van der Waals surface area contributed by atoms with Crippen LogP contribution >= 0.6 is 14.5 Å². The summed E-state index contributed by atoms with van der Waals surface area (Å²) in [6.07, 6.45) is 21.3. The van der Waals surface area contributed by atoms with Crippen molar-refractivity contribution in [1.82, 2.24) is 0 Å². The molecule has 0 unspecified atom stereocenters. The first-order chi connectivity index (χ1) is 23.3. The van der Waals surface area contributed by atoms with E-state index in [1.165, 1.54) is 86.0 Å². The molecule has 1 aliphatic carbocycles. The van der Waals surface area contributed by atoms with Crippen LogP contribution in [0.5, 0.6) is 0 Å². The number of rotatable bonds is 16. The van der Waals surface area contributed by atoms with E-state index in [9.17, 15) is 0 Å². The summed E-state index contributed by atoms with van der Waals surface area (Å²) in [5.74, 6) is 0.